The average molecular weight is 132 g/mol. The number of allylic oxidation sites excluding steroid dienone is 1. The van der Waals surface area contributed by atoms with Gasteiger partial charge in [0.2, 0.25) is 0 Å². The molecule has 1 heterocycles. The van der Waals surface area contributed by atoms with Crippen LogP contribution >= 0.6 is 11.6 Å². The minimum atomic E-state index is -0.692. The van der Waals surface area contributed by atoms with Gasteiger partial charge in [-0.05, 0) is 12.5 Å². The van der Waals surface area contributed by atoms with E-state index < -0.39 is 6.23 Å². The van der Waals surface area contributed by atoms with E-state index >= 15 is 0 Å². The number of aliphatic imine (C=N–C) groups is 1. The van der Waals surface area contributed by atoms with Crippen LogP contribution in [0.1, 0.15) is 6.92 Å². The lowest BCUT2D eigenvalue weighted by Gasteiger charge is -1.96. The fourth-order valence-electron chi connectivity index (χ4n) is 0.473. The highest BCUT2D eigenvalue weighted by molar-refractivity contribution is 6.40. The monoisotopic (exact) mass is 131 g/mol. The van der Waals surface area contributed by atoms with Gasteiger partial charge in [0.25, 0.3) is 0 Å². The fraction of sp³-hybridized carbons (Fsp3) is 0.400. The molecule has 44 valence electrons. The molecule has 0 aromatic rings. The van der Waals surface area contributed by atoms with Gasteiger partial charge in [0, 0.05) is 6.21 Å². The van der Waals surface area contributed by atoms with Gasteiger partial charge in [-0.2, -0.15) is 0 Å². The van der Waals surface area contributed by atoms with Crippen LogP contribution in [0.4, 0.5) is 0 Å². The van der Waals surface area contributed by atoms with Crippen molar-refractivity contribution in [1.29, 1.82) is 0 Å². The van der Waals surface area contributed by atoms with Gasteiger partial charge in [-0.1, -0.05) is 11.6 Å². The average Bonchev–Trinajstić information content (AvgIpc) is 1.98. The Morgan fingerprint density at radius 2 is 2.50 bits per heavy atom. The van der Waals surface area contributed by atoms with Gasteiger partial charge in [0.1, 0.15) is 0 Å². The number of rotatable bonds is 0. The lowest BCUT2D eigenvalue weighted by molar-refractivity contribution is 0.225. The molecule has 0 fully saturated rings. The van der Waals surface area contributed by atoms with E-state index in [9.17, 15) is 0 Å². The third-order valence-electron chi connectivity index (χ3n) is 1.09. The summed E-state index contributed by atoms with van der Waals surface area (Å²) in [6.45, 7) is 1.75. The zero-order valence-electron chi connectivity index (χ0n) is 4.43. The molecule has 0 amide bonds. The lowest BCUT2D eigenvalue weighted by Crippen LogP contribution is -1.98. The van der Waals surface area contributed by atoms with Gasteiger partial charge >= 0.3 is 0 Å². The van der Waals surface area contributed by atoms with Crippen molar-refractivity contribution >= 4 is 17.8 Å². The molecule has 1 aliphatic rings. The molecule has 3 heteroatoms. The zero-order chi connectivity index (χ0) is 6.15. The Morgan fingerprint density at radius 1 is 1.88 bits per heavy atom. The van der Waals surface area contributed by atoms with Crippen molar-refractivity contribution in [1.82, 2.24) is 0 Å². The number of hydrogen-bond acceptors (Lipinski definition) is 2. The van der Waals surface area contributed by atoms with Crippen LogP contribution in [0.25, 0.3) is 0 Å². The first kappa shape index (κ1) is 5.79. The zero-order valence-corrected chi connectivity index (χ0v) is 5.18. The van der Waals surface area contributed by atoms with Crippen LogP contribution in [-0.2, 0) is 0 Å². The van der Waals surface area contributed by atoms with Crippen molar-refractivity contribution in [2.75, 3.05) is 0 Å². The molecule has 1 unspecified atom stereocenters. The molecular weight excluding hydrogens is 126 g/mol. The van der Waals surface area contributed by atoms with Crippen molar-refractivity contribution in [2.45, 2.75) is 13.2 Å². The highest BCUT2D eigenvalue weighted by Gasteiger charge is 2.12. The Morgan fingerprint density at radius 3 is 2.62 bits per heavy atom. The summed E-state index contributed by atoms with van der Waals surface area (Å²) in [5.41, 5.74) is 0.728. The van der Waals surface area contributed by atoms with Crippen LogP contribution in [0.2, 0.25) is 0 Å². The number of hydrogen-bond donors (Lipinski definition) is 1. The Hall–Kier alpha value is -0.340. The molecule has 1 atom stereocenters. The maximum Gasteiger partial charge on any atom is 0.168 e. The van der Waals surface area contributed by atoms with Gasteiger partial charge < -0.3 is 5.11 Å². The topological polar surface area (TPSA) is 32.6 Å². The third-order valence-corrected chi connectivity index (χ3v) is 1.49. The highest BCUT2D eigenvalue weighted by atomic mass is 35.5. The summed E-state index contributed by atoms with van der Waals surface area (Å²) in [6, 6.07) is 0. The molecule has 1 aliphatic heterocycles. The molecule has 0 radical (unpaired) electrons. The maximum absolute atomic E-state index is 8.83. The first-order valence-electron chi connectivity index (χ1n) is 2.29. The fourth-order valence-corrected chi connectivity index (χ4v) is 0.627. The molecule has 8 heavy (non-hydrogen) atoms. The van der Waals surface area contributed by atoms with Crippen LogP contribution in [0.5, 0.6) is 0 Å². The van der Waals surface area contributed by atoms with Gasteiger partial charge in [0.05, 0.1) is 5.03 Å². The first-order chi connectivity index (χ1) is 3.72. The van der Waals surface area contributed by atoms with Crippen molar-refractivity contribution in [3.8, 4) is 0 Å². The Bertz CT molecular complexity index is 162. The Labute approximate surface area is 52.5 Å². The Balaban J connectivity index is 2.85. The molecule has 0 saturated heterocycles. The van der Waals surface area contributed by atoms with E-state index in [-0.39, 0.29) is 0 Å². The van der Waals surface area contributed by atoms with Crippen LogP contribution in [0, 0.1) is 0 Å². The summed E-state index contributed by atoms with van der Waals surface area (Å²) in [5.74, 6) is 0. The molecule has 0 aromatic heterocycles. The van der Waals surface area contributed by atoms with Crippen molar-refractivity contribution in [3.05, 3.63) is 10.6 Å². The number of aliphatic hydroxyl groups excluding tert-OH is 1. The van der Waals surface area contributed by atoms with E-state index in [1.54, 1.807) is 6.92 Å². The second-order valence-electron chi connectivity index (χ2n) is 1.68. The minimum Gasteiger partial charge on any atom is -0.368 e. The molecule has 0 aromatic carbocycles. The van der Waals surface area contributed by atoms with Crippen LogP contribution in [-0.4, -0.2) is 17.5 Å². The molecule has 0 saturated carbocycles. The predicted octanol–water partition coefficient (Wildman–Crippen LogP) is 0.902. The summed E-state index contributed by atoms with van der Waals surface area (Å²) in [7, 11) is 0. The smallest absolute Gasteiger partial charge is 0.168 e. The summed E-state index contributed by atoms with van der Waals surface area (Å²) in [4.78, 5) is 3.62. The maximum atomic E-state index is 8.83. The van der Waals surface area contributed by atoms with E-state index in [4.69, 9.17) is 16.7 Å². The second-order valence-corrected chi connectivity index (χ2v) is 2.09. The standard InChI is InChI=1S/C5H6ClNO/c1-3-4(6)2-7-5(3)8/h2,5,8H,1H3. The molecule has 0 spiro atoms. The van der Waals surface area contributed by atoms with E-state index in [0.29, 0.717) is 5.03 Å². The molecule has 1 rings (SSSR count). The van der Waals surface area contributed by atoms with E-state index in [0.717, 1.165) is 5.57 Å². The third kappa shape index (κ3) is 0.767. The van der Waals surface area contributed by atoms with Crippen LogP contribution < -0.4 is 0 Å². The van der Waals surface area contributed by atoms with Gasteiger partial charge in [-0.15, -0.1) is 0 Å². The largest absolute Gasteiger partial charge is 0.368 e. The SMILES string of the molecule is CC1=C(Cl)C=NC1O. The number of nitrogens with zero attached hydrogens (tertiary/aromatic N) is 1. The van der Waals surface area contributed by atoms with Gasteiger partial charge in [-0.3, -0.25) is 4.99 Å². The Kier molecular flexibility index (Phi) is 1.36. The normalized spacial score (nSPS) is 27.6. The molecule has 1 N–H and O–H groups in total. The summed E-state index contributed by atoms with van der Waals surface area (Å²) < 4.78 is 0. The van der Waals surface area contributed by atoms with E-state index in [1.807, 2.05) is 0 Å². The lowest BCUT2D eigenvalue weighted by atomic mass is 10.3. The van der Waals surface area contributed by atoms with Crippen LogP contribution in [0.3, 0.4) is 0 Å². The van der Waals surface area contributed by atoms with Crippen molar-refractivity contribution < 1.29 is 5.11 Å². The summed E-state index contributed by atoms with van der Waals surface area (Å²) >= 11 is 5.53. The summed E-state index contributed by atoms with van der Waals surface area (Å²) in [6.07, 6.45) is 0.768. The highest BCUT2D eigenvalue weighted by Crippen LogP contribution is 2.17. The molecule has 0 aliphatic carbocycles. The second kappa shape index (κ2) is 1.88. The quantitative estimate of drug-likeness (QED) is 0.521. The summed E-state index contributed by atoms with van der Waals surface area (Å²) in [5, 5.41) is 9.38. The van der Waals surface area contributed by atoms with Gasteiger partial charge in [0.15, 0.2) is 6.23 Å². The van der Waals surface area contributed by atoms with E-state index in [2.05, 4.69) is 4.99 Å². The van der Waals surface area contributed by atoms with Crippen molar-refractivity contribution in [3.63, 3.8) is 0 Å². The molecular formula is C5H6ClNO. The minimum absolute atomic E-state index is 0.553. The van der Waals surface area contributed by atoms with Crippen molar-refractivity contribution in [2.24, 2.45) is 4.99 Å². The number of halogens is 1. The van der Waals surface area contributed by atoms with Crippen LogP contribution in [0.15, 0.2) is 15.6 Å². The molecule has 2 nitrogen and oxygen atoms in total. The number of aliphatic hydroxyl groups is 1. The van der Waals surface area contributed by atoms with Gasteiger partial charge in [-0.25, -0.2) is 0 Å². The van der Waals surface area contributed by atoms with E-state index in [1.165, 1.54) is 6.21 Å². The predicted molar refractivity (Wildman–Crippen MR) is 33.1 cm³/mol. The first-order valence-corrected chi connectivity index (χ1v) is 2.67. The molecule has 0 bridgehead atoms.